The van der Waals surface area contributed by atoms with E-state index < -0.39 is 0 Å². The van der Waals surface area contributed by atoms with Crippen molar-refractivity contribution < 1.29 is 4.74 Å². The number of nitrogens with zero attached hydrogens (tertiary/aromatic N) is 2. The number of morpholine rings is 1. The highest BCUT2D eigenvalue weighted by Gasteiger charge is 2.39. The molecule has 0 atom stereocenters. The third-order valence-electron chi connectivity index (χ3n) is 4.68. The topological polar surface area (TPSA) is 15.7 Å². The Morgan fingerprint density at radius 3 is 2.45 bits per heavy atom. The highest BCUT2D eigenvalue weighted by atomic mass is 16.5. The summed E-state index contributed by atoms with van der Waals surface area (Å²) in [6.07, 6.45) is 7.82. The van der Waals surface area contributed by atoms with Gasteiger partial charge in [-0.25, -0.2) is 0 Å². The van der Waals surface area contributed by atoms with E-state index in [9.17, 15) is 0 Å². The van der Waals surface area contributed by atoms with Gasteiger partial charge in [0.1, 0.15) is 0 Å². The lowest BCUT2D eigenvalue weighted by molar-refractivity contribution is -0.0472. The summed E-state index contributed by atoms with van der Waals surface area (Å²) in [5.74, 6) is 6.46. The van der Waals surface area contributed by atoms with Crippen LogP contribution in [-0.4, -0.2) is 61.8 Å². The molecule has 0 amide bonds. The van der Waals surface area contributed by atoms with Gasteiger partial charge in [0, 0.05) is 31.6 Å². The van der Waals surface area contributed by atoms with Crippen molar-refractivity contribution >= 4 is 0 Å². The Morgan fingerprint density at radius 2 is 1.80 bits per heavy atom. The van der Waals surface area contributed by atoms with Gasteiger partial charge in [-0.1, -0.05) is 32.1 Å². The minimum atomic E-state index is 0.380. The Hall–Kier alpha value is -0.560. The Bertz CT molecular complexity index is 333. The lowest BCUT2D eigenvalue weighted by atomic mass is 9.79. The van der Waals surface area contributed by atoms with Gasteiger partial charge < -0.3 is 4.74 Å². The molecule has 0 aromatic rings. The van der Waals surface area contributed by atoms with E-state index in [4.69, 9.17) is 4.74 Å². The van der Waals surface area contributed by atoms with Crippen LogP contribution in [0.1, 0.15) is 45.4 Å². The normalized spacial score (nSPS) is 23.4. The third kappa shape index (κ3) is 4.22. The van der Waals surface area contributed by atoms with E-state index in [-0.39, 0.29) is 0 Å². The van der Waals surface area contributed by atoms with Crippen molar-refractivity contribution in [2.45, 2.75) is 51.0 Å². The van der Waals surface area contributed by atoms with E-state index >= 15 is 0 Å². The molecule has 2 rings (SSSR count). The molecule has 3 nitrogen and oxygen atoms in total. The van der Waals surface area contributed by atoms with Crippen LogP contribution in [0, 0.1) is 11.8 Å². The van der Waals surface area contributed by atoms with Gasteiger partial charge in [0.25, 0.3) is 0 Å². The maximum atomic E-state index is 5.54. The van der Waals surface area contributed by atoms with Crippen molar-refractivity contribution in [1.29, 1.82) is 0 Å². The maximum Gasteiger partial charge on any atom is 0.0599 e. The van der Waals surface area contributed by atoms with Crippen LogP contribution in [0.3, 0.4) is 0 Å². The van der Waals surface area contributed by atoms with E-state index in [1.807, 2.05) is 0 Å². The summed E-state index contributed by atoms with van der Waals surface area (Å²) >= 11 is 0. The average Bonchev–Trinajstić information content (AvgIpc) is 2.49. The molecule has 0 radical (unpaired) electrons. The molecule has 0 unspecified atom stereocenters. The monoisotopic (exact) mass is 278 g/mol. The van der Waals surface area contributed by atoms with Crippen molar-refractivity contribution in [3.05, 3.63) is 0 Å². The fraction of sp³-hybridized carbons (Fsp3) is 0.882. The highest BCUT2D eigenvalue weighted by molar-refractivity contribution is 5.02. The first kappa shape index (κ1) is 15.8. The molecule has 1 aliphatic heterocycles. The number of hydrogen-bond donors (Lipinski definition) is 0. The first-order valence-electron chi connectivity index (χ1n) is 8.24. The second kappa shape index (κ2) is 8.02. The Kier molecular flexibility index (Phi) is 6.35. The number of rotatable bonds is 4. The van der Waals surface area contributed by atoms with E-state index in [1.165, 1.54) is 32.1 Å². The number of ether oxygens (including phenoxy) is 1. The largest absolute Gasteiger partial charge is 0.379 e. The van der Waals surface area contributed by atoms with Crippen LogP contribution in [-0.2, 0) is 4.74 Å². The lowest BCUT2D eigenvalue weighted by Gasteiger charge is -2.49. The smallest absolute Gasteiger partial charge is 0.0599 e. The number of likely N-dealkylation sites (N-methyl/N-ethyl adjacent to an activating group) is 1. The van der Waals surface area contributed by atoms with Gasteiger partial charge in [-0.05, 0) is 19.9 Å². The summed E-state index contributed by atoms with van der Waals surface area (Å²) in [6, 6.07) is 0. The van der Waals surface area contributed by atoms with Gasteiger partial charge in [0.15, 0.2) is 0 Å². The molecule has 0 aromatic heterocycles. The first-order chi connectivity index (χ1) is 9.77. The molecule has 1 saturated carbocycles. The summed E-state index contributed by atoms with van der Waals surface area (Å²) in [5.41, 5.74) is 0.380. The van der Waals surface area contributed by atoms with E-state index in [0.29, 0.717) is 5.54 Å². The fourth-order valence-corrected chi connectivity index (χ4v) is 3.70. The quantitative estimate of drug-likeness (QED) is 0.734. The van der Waals surface area contributed by atoms with E-state index in [0.717, 1.165) is 45.8 Å². The van der Waals surface area contributed by atoms with Crippen molar-refractivity contribution in [2.75, 3.05) is 46.4 Å². The SMILES string of the molecule is CCC#CCN(C)CC1(N2CCOCC2)CCCCC1. The van der Waals surface area contributed by atoms with Gasteiger partial charge in [-0.15, -0.1) is 5.92 Å². The zero-order chi connectivity index (χ0) is 14.3. The molecule has 0 bridgehead atoms. The summed E-state index contributed by atoms with van der Waals surface area (Å²) in [5, 5.41) is 0. The zero-order valence-corrected chi connectivity index (χ0v) is 13.3. The molecular formula is C17H30N2O. The fourth-order valence-electron chi connectivity index (χ4n) is 3.70. The molecular weight excluding hydrogens is 248 g/mol. The lowest BCUT2D eigenvalue weighted by Crippen LogP contribution is -2.59. The molecule has 2 aliphatic rings. The minimum Gasteiger partial charge on any atom is -0.379 e. The predicted molar refractivity (Wildman–Crippen MR) is 83.8 cm³/mol. The van der Waals surface area contributed by atoms with Crippen molar-refractivity contribution in [2.24, 2.45) is 0 Å². The summed E-state index contributed by atoms with van der Waals surface area (Å²) in [7, 11) is 2.22. The average molecular weight is 278 g/mol. The van der Waals surface area contributed by atoms with Crippen molar-refractivity contribution in [1.82, 2.24) is 9.80 Å². The van der Waals surface area contributed by atoms with Crippen LogP contribution in [0.25, 0.3) is 0 Å². The van der Waals surface area contributed by atoms with Crippen LogP contribution in [0.2, 0.25) is 0 Å². The number of hydrogen-bond acceptors (Lipinski definition) is 3. The predicted octanol–water partition coefficient (Wildman–Crippen LogP) is 2.37. The highest BCUT2D eigenvalue weighted by Crippen LogP contribution is 2.34. The molecule has 1 saturated heterocycles. The standard InChI is InChI=1S/C17H30N2O/c1-3-4-8-11-18(2)16-17(9-6-5-7-10-17)19-12-14-20-15-13-19/h3,5-7,9-16H2,1-2H3. The van der Waals surface area contributed by atoms with Crippen LogP contribution in [0.15, 0.2) is 0 Å². The second-order valence-electron chi connectivity index (χ2n) is 6.26. The molecule has 2 fully saturated rings. The molecule has 1 heterocycles. The van der Waals surface area contributed by atoms with Crippen molar-refractivity contribution in [3.8, 4) is 11.8 Å². The van der Waals surface area contributed by atoms with Gasteiger partial charge in [0.2, 0.25) is 0 Å². The molecule has 0 N–H and O–H groups in total. The molecule has 20 heavy (non-hydrogen) atoms. The summed E-state index contributed by atoms with van der Waals surface area (Å²) in [4.78, 5) is 5.13. The van der Waals surface area contributed by atoms with Gasteiger partial charge >= 0.3 is 0 Å². The molecule has 1 aliphatic carbocycles. The summed E-state index contributed by atoms with van der Waals surface area (Å²) in [6.45, 7) is 8.19. The molecule has 0 spiro atoms. The Morgan fingerprint density at radius 1 is 1.10 bits per heavy atom. The van der Waals surface area contributed by atoms with E-state index in [1.54, 1.807) is 0 Å². The summed E-state index contributed by atoms with van der Waals surface area (Å²) < 4.78 is 5.54. The second-order valence-corrected chi connectivity index (χ2v) is 6.26. The molecule has 0 aromatic carbocycles. The minimum absolute atomic E-state index is 0.380. The van der Waals surface area contributed by atoms with Crippen LogP contribution >= 0.6 is 0 Å². The van der Waals surface area contributed by atoms with Crippen LogP contribution in [0.5, 0.6) is 0 Å². The molecule has 114 valence electrons. The third-order valence-corrected chi connectivity index (χ3v) is 4.68. The van der Waals surface area contributed by atoms with Crippen LogP contribution in [0.4, 0.5) is 0 Å². The van der Waals surface area contributed by atoms with Crippen LogP contribution < -0.4 is 0 Å². The maximum absolute atomic E-state index is 5.54. The Balaban J connectivity index is 1.98. The first-order valence-corrected chi connectivity index (χ1v) is 8.24. The van der Waals surface area contributed by atoms with Crippen molar-refractivity contribution in [3.63, 3.8) is 0 Å². The molecule has 3 heteroatoms. The van der Waals surface area contributed by atoms with Gasteiger partial charge in [0.05, 0.1) is 19.8 Å². The van der Waals surface area contributed by atoms with E-state index in [2.05, 4.69) is 35.6 Å². The zero-order valence-electron chi connectivity index (χ0n) is 13.3. The van der Waals surface area contributed by atoms with Gasteiger partial charge in [-0.2, -0.15) is 0 Å². The van der Waals surface area contributed by atoms with Gasteiger partial charge in [-0.3, -0.25) is 9.80 Å². The Labute approximate surface area is 124 Å².